The number of nitro groups is 1. The van der Waals surface area contributed by atoms with E-state index in [2.05, 4.69) is 10.6 Å². The van der Waals surface area contributed by atoms with Gasteiger partial charge in [0.2, 0.25) is 5.91 Å². The number of amides is 2. The first-order valence-electron chi connectivity index (χ1n) is 8.02. The number of nitro benzene ring substituents is 1. The largest absolute Gasteiger partial charge is 0.494 e. The van der Waals surface area contributed by atoms with Crippen molar-refractivity contribution in [2.75, 3.05) is 12.4 Å². The van der Waals surface area contributed by atoms with Crippen LogP contribution in [0.3, 0.4) is 0 Å². The number of ether oxygens (including phenoxy) is 1. The van der Waals surface area contributed by atoms with E-state index in [4.69, 9.17) is 10.00 Å². The van der Waals surface area contributed by atoms with Gasteiger partial charge in [0.05, 0.1) is 30.2 Å². The van der Waals surface area contributed by atoms with Gasteiger partial charge in [-0.3, -0.25) is 25.0 Å². The highest BCUT2D eigenvalue weighted by molar-refractivity contribution is 6.07. The fourth-order valence-electron chi connectivity index (χ4n) is 2.23. The Hall–Kier alpha value is -4.19. The van der Waals surface area contributed by atoms with Crippen LogP contribution in [0.15, 0.2) is 60.3 Å². The number of benzene rings is 2. The van der Waals surface area contributed by atoms with Crippen molar-refractivity contribution >= 4 is 23.2 Å². The fourth-order valence-corrected chi connectivity index (χ4v) is 2.23. The van der Waals surface area contributed by atoms with Crippen LogP contribution >= 0.6 is 0 Å². The molecule has 0 spiro atoms. The highest BCUT2D eigenvalue weighted by Gasteiger charge is 2.15. The van der Waals surface area contributed by atoms with E-state index in [1.54, 1.807) is 36.4 Å². The zero-order chi connectivity index (χ0) is 20.5. The normalized spacial score (nSPS) is 10.5. The number of nitrogens with zero attached hydrogens (tertiary/aromatic N) is 2. The molecule has 0 aliphatic carbocycles. The molecule has 142 valence electrons. The molecule has 2 aromatic carbocycles. The Balaban J connectivity index is 2.07. The third-order valence-electron chi connectivity index (χ3n) is 3.59. The van der Waals surface area contributed by atoms with Gasteiger partial charge < -0.3 is 10.1 Å². The van der Waals surface area contributed by atoms with Crippen molar-refractivity contribution in [3.05, 3.63) is 76.0 Å². The smallest absolute Gasteiger partial charge is 0.273 e. The molecule has 2 N–H and O–H groups in total. The summed E-state index contributed by atoms with van der Waals surface area (Å²) in [6.07, 6.45) is 1.09. The summed E-state index contributed by atoms with van der Waals surface area (Å²) in [4.78, 5) is 34.3. The van der Waals surface area contributed by atoms with Crippen LogP contribution in [0.5, 0.6) is 5.75 Å². The molecule has 0 radical (unpaired) electrons. The van der Waals surface area contributed by atoms with Crippen molar-refractivity contribution in [1.82, 2.24) is 5.32 Å². The minimum Gasteiger partial charge on any atom is -0.494 e. The lowest BCUT2D eigenvalue weighted by atomic mass is 10.1. The minimum absolute atomic E-state index is 0.00507. The molecule has 0 saturated carbocycles. The number of nitriles is 1. The van der Waals surface area contributed by atoms with E-state index in [0.29, 0.717) is 5.69 Å². The van der Waals surface area contributed by atoms with Crippen molar-refractivity contribution in [3.63, 3.8) is 0 Å². The lowest BCUT2D eigenvalue weighted by Gasteiger charge is -2.08. The number of carbonyl (C=O) groups excluding carboxylic acids is 2. The summed E-state index contributed by atoms with van der Waals surface area (Å²) >= 11 is 0. The highest BCUT2D eigenvalue weighted by Crippen LogP contribution is 2.29. The van der Waals surface area contributed by atoms with E-state index in [9.17, 15) is 19.7 Å². The van der Waals surface area contributed by atoms with E-state index < -0.39 is 16.7 Å². The second-order valence-electron chi connectivity index (χ2n) is 5.50. The number of hydrogen-bond acceptors (Lipinski definition) is 7. The number of rotatable bonds is 7. The third-order valence-corrected chi connectivity index (χ3v) is 3.59. The molecule has 2 rings (SSSR count). The average Bonchev–Trinajstić information content (AvgIpc) is 2.69. The molecule has 9 nitrogen and oxygen atoms in total. The van der Waals surface area contributed by atoms with Gasteiger partial charge in [0.15, 0.2) is 0 Å². The Morgan fingerprint density at radius 1 is 1.25 bits per heavy atom. The zero-order valence-corrected chi connectivity index (χ0v) is 14.8. The topological polar surface area (TPSA) is 134 Å². The van der Waals surface area contributed by atoms with Crippen molar-refractivity contribution in [2.24, 2.45) is 0 Å². The van der Waals surface area contributed by atoms with Crippen molar-refractivity contribution in [3.8, 4) is 11.8 Å². The van der Waals surface area contributed by atoms with Gasteiger partial charge in [-0.2, -0.15) is 5.26 Å². The van der Waals surface area contributed by atoms with Gasteiger partial charge in [-0.15, -0.1) is 0 Å². The first-order chi connectivity index (χ1) is 13.4. The number of hydrogen-bond donors (Lipinski definition) is 2. The zero-order valence-electron chi connectivity index (χ0n) is 14.8. The number of carbonyl (C=O) groups is 2. The first-order valence-corrected chi connectivity index (χ1v) is 8.02. The van der Waals surface area contributed by atoms with Crippen LogP contribution in [0.25, 0.3) is 0 Å². The van der Waals surface area contributed by atoms with Crippen LogP contribution in [0.1, 0.15) is 5.56 Å². The summed E-state index contributed by atoms with van der Waals surface area (Å²) in [5.74, 6) is -1.26. The number of anilines is 1. The lowest BCUT2D eigenvalue weighted by molar-refractivity contribution is -0.384. The minimum atomic E-state index is -0.864. The summed E-state index contributed by atoms with van der Waals surface area (Å²) in [5, 5.41) is 24.8. The van der Waals surface area contributed by atoms with Gasteiger partial charge in [-0.25, -0.2) is 0 Å². The van der Waals surface area contributed by atoms with Gasteiger partial charge in [-0.05, 0) is 11.6 Å². The Bertz CT molecular complexity index is 964. The van der Waals surface area contributed by atoms with Gasteiger partial charge in [0.1, 0.15) is 17.4 Å². The summed E-state index contributed by atoms with van der Waals surface area (Å²) < 4.78 is 5.06. The standard InChI is InChI=1S/C19H16N4O5/c1-28-17-10-15(23(26)27)7-8-16(17)21-12-14(11-20)19(25)22-18(24)9-13-5-3-2-4-6-13/h2-8,10,12,21H,9H2,1H3,(H,22,24,25)/b14-12-. The van der Waals surface area contributed by atoms with Crippen molar-refractivity contribution < 1.29 is 19.2 Å². The van der Waals surface area contributed by atoms with Crippen LogP contribution in [0.4, 0.5) is 11.4 Å². The number of nitrogens with one attached hydrogen (secondary N) is 2. The SMILES string of the molecule is COc1cc([N+](=O)[O-])ccc1N/C=C(/C#N)C(=O)NC(=O)Cc1ccccc1. The lowest BCUT2D eigenvalue weighted by Crippen LogP contribution is -2.32. The second-order valence-corrected chi connectivity index (χ2v) is 5.50. The molecule has 0 fully saturated rings. The Kier molecular flexibility index (Phi) is 6.82. The maximum atomic E-state index is 12.1. The molecular weight excluding hydrogens is 364 g/mol. The number of non-ortho nitro benzene ring substituents is 1. The Labute approximate surface area is 160 Å². The van der Waals surface area contributed by atoms with E-state index in [-0.39, 0.29) is 23.4 Å². The molecule has 0 heterocycles. The molecule has 0 aliphatic heterocycles. The molecule has 0 unspecified atom stereocenters. The van der Waals surface area contributed by atoms with Crippen molar-refractivity contribution in [2.45, 2.75) is 6.42 Å². The van der Waals surface area contributed by atoms with E-state index >= 15 is 0 Å². The molecule has 0 bridgehead atoms. The molecule has 0 aromatic heterocycles. The predicted octanol–water partition coefficient (Wildman–Crippen LogP) is 2.31. The first kappa shape index (κ1) is 20.1. The maximum Gasteiger partial charge on any atom is 0.273 e. The summed E-state index contributed by atoms with van der Waals surface area (Å²) in [6.45, 7) is 0. The predicted molar refractivity (Wildman–Crippen MR) is 100 cm³/mol. The second kappa shape index (κ2) is 9.49. The van der Waals surface area contributed by atoms with E-state index in [1.165, 1.54) is 25.3 Å². The van der Waals surface area contributed by atoms with Crippen LogP contribution in [-0.2, 0) is 16.0 Å². The molecule has 0 aliphatic rings. The summed E-state index contributed by atoms with van der Waals surface area (Å²) in [5.41, 5.74) is 0.520. The molecule has 9 heteroatoms. The fraction of sp³-hybridized carbons (Fsp3) is 0.105. The van der Waals surface area contributed by atoms with Crippen LogP contribution in [0, 0.1) is 21.4 Å². The molecule has 28 heavy (non-hydrogen) atoms. The quantitative estimate of drug-likeness (QED) is 0.326. The van der Waals surface area contributed by atoms with Gasteiger partial charge in [0.25, 0.3) is 11.6 Å². The Morgan fingerprint density at radius 3 is 2.57 bits per heavy atom. The monoisotopic (exact) mass is 380 g/mol. The van der Waals surface area contributed by atoms with Gasteiger partial charge in [0, 0.05) is 12.3 Å². The molecule has 2 amide bonds. The van der Waals surface area contributed by atoms with Crippen LogP contribution < -0.4 is 15.4 Å². The van der Waals surface area contributed by atoms with E-state index in [1.807, 2.05) is 0 Å². The maximum absolute atomic E-state index is 12.1. The summed E-state index contributed by atoms with van der Waals surface area (Å²) in [7, 11) is 1.33. The molecular formula is C19H16N4O5. The van der Waals surface area contributed by atoms with Crippen LogP contribution in [0.2, 0.25) is 0 Å². The van der Waals surface area contributed by atoms with Gasteiger partial charge >= 0.3 is 0 Å². The van der Waals surface area contributed by atoms with Crippen LogP contribution in [-0.4, -0.2) is 23.8 Å². The number of imide groups is 1. The molecule has 0 saturated heterocycles. The van der Waals surface area contributed by atoms with E-state index in [0.717, 1.165) is 11.8 Å². The van der Waals surface area contributed by atoms with Crippen molar-refractivity contribution in [1.29, 1.82) is 5.26 Å². The third kappa shape index (κ3) is 5.40. The molecule has 2 aromatic rings. The number of methoxy groups -OCH3 is 1. The van der Waals surface area contributed by atoms with Gasteiger partial charge in [-0.1, -0.05) is 30.3 Å². The Morgan fingerprint density at radius 2 is 1.96 bits per heavy atom. The average molecular weight is 380 g/mol. The summed E-state index contributed by atoms with van der Waals surface area (Å²) in [6, 6.07) is 14.3. The highest BCUT2D eigenvalue weighted by atomic mass is 16.6. The molecule has 0 atom stereocenters.